The van der Waals surface area contributed by atoms with Crippen LogP contribution in [0.3, 0.4) is 0 Å². The summed E-state index contributed by atoms with van der Waals surface area (Å²) >= 11 is 0. The number of nitrogens with zero attached hydrogens (tertiary/aromatic N) is 2. The minimum Gasteiger partial charge on any atom is -0.370 e. The maximum Gasteiger partial charge on any atom is 0.191 e. The topological polar surface area (TPSA) is 41.6 Å². The van der Waals surface area contributed by atoms with Crippen LogP contribution >= 0.6 is 0 Å². The molecule has 2 N–H and O–H groups in total. The first-order valence-corrected chi connectivity index (χ1v) is 8.26. The quantitative estimate of drug-likeness (QED) is 0.624. The molecule has 0 aromatic carbocycles. The highest BCUT2D eigenvalue weighted by Gasteiger charge is 2.25. The van der Waals surface area contributed by atoms with Gasteiger partial charge in [-0.3, -0.25) is 0 Å². The van der Waals surface area contributed by atoms with E-state index >= 15 is 0 Å². The summed E-state index contributed by atoms with van der Waals surface area (Å²) in [6.45, 7) is 5.61. The Hall–Kier alpha value is -0.730. The molecular weight excluding hydrogens is 234 g/mol. The van der Waals surface area contributed by atoms with Crippen LogP contribution in [0.5, 0.6) is 0 Å². The highest BCUT2D eigenvalue weighted by molar-refractivity contribution is 5.78. The molecule has 2 aliphatic rings. The first-order valence-electron chi connectivity index (χ1n) is 8.26. The molecule has 0 atom stereocenters. The summed E-state index contributed by atoms with van der Waals surface area (Å²) in [5, 5.41) is 0. The van der Waals surface area contributed by atoms with Crippen LogP contribution in [0.2, 0.25) is 0 Å². The average molecular weight is 265 g/mol. The van der Waals surface area contributed by atoms with Gasteiger partial charge in [0.1, 0.15) is 0 Å². The van der Waals surface area contributed by atoms with E-state index in [0.717, 1.165) is 12.5 Å². The fourth-order valence-corrected chi connectivity index (χ4v) is 3.51. The van der Waals surface area contributed by atoms with Gasteiger partial charge in [-0.1, -0.05) is 46.0 Å². The second-order valence-corrected chi connectivity index (χ2v) is 6.76. The van der Waals surface area contributed by atoms with Gasteiger partial charge in [0.05, 0.1) is 6.04 Å². The van der Waals surface area contributed by atoms with E-state index in [1.54, 1.807) is 0 Å². The molecule has 2 rings (SSSR count). The molecule has 3 nitrogen and oxygen atoms in total. The predicted octanol–water partition coefficient (Wildman–Crippen LogP) is 3.53. The zero-order valence-corrected chi connectivity index (χ0v) is 12.8. The predicted molar refractivity (Wildman–Crippen MR) is 82.3 cm³/mol. The Balaban J connectivity index is 2.00. The average Bonchev–Trinajstić information content (AvgIpc) is 2.90. The molecule has 2 fully saturated rings. The van der Waals surface area contributed by atoms with Crippen molar-refractivity contribution >= 4 is 5.96 Å². The third-order valence-corrected chi connectivity index (χ3v) is 4.51. The minimum atomic E-state index is 0.491. The number of hydrogen-bond acceptors (Lipinski definition) is 1. The van der Waals surface area contributed by atoms with E-state index in [4.69, 9.17) is 10.7 Å². The van der Waals surface area contributed by atoms with E-state index in [2.05, 4.69) is 18.7 Å². The zero-order chi connectivity index (χ0) is 13.7. The van der Waals surface area contributed by atoms with Crippen molar-refractivity contribution in [2.75, 3.05) is 6.54 Å². The van der Waals surface area contributed by atoms with Crippen molar-refractivity contribution in [1.82, 2.24) is 4.90 Å². The molecule has 0 aromatic rings. The summed E-state index contributed by atoms with van der Waals surface area (Å²) in [6.07, 6.45) is 11.8. The summed E-state index contributed by atoms with van der Waals surface area (Å²) in [5.74, 6) is 1.48. The summed E-state index contributed by atoms with van der Waals surface area (Å²) in [6, 6.07) is 1.14. The van der Waals surface area contributed by atoms with Gasteiger partial charge in [0.2, 0.25) is 0 Å². The van der Waals surface area contributed by atoms with Crippen molar-refractivity contribution in [1.29, 1.82) is 0 Å². The molecule has 0 aromatic heterocycles. The first-order chi connectivity index (χ1) is 9.16. The Morgan fingerprint density at radius 1 is 1.05 bits per heavy atom. The molecule has 3 heteroatoms. The van der Waals surface area contributed by atoms with Crippen LogP contribution in [0.15, 0.2) is 4.99 Å². The number of rotatable bonds is 4. The van der Waals surface area contributed by atoms with Gasteiger partial charge in [-0.05, 0) is 31.6 Å². The van der Waals surface area contributed by atoms with Crippen LogP contribution in [0, 0.1) is 5.92 Å². The molecule has 0 heterocycles. The molecule has 0 amide bonds. The second-order valence-electron chi connectivity index (χ2n) is 6.76. The molecule has 0 aliphatic heterocycles. The first kappa shape index (κ1) is 14.7. The van der Waals surface area contributed by atoms with Crippen LogP contribution in [-0.4, -0.2) is 29.5 Å². The summed E-state index contributed by atoms with van der Waals surface area (Å²) < 4.78 is 0. The second kappa shape index (κ2) is 7.16. The van der Waals surface area contributed by atoms with Crippen LogP contribution in [0.25, 0.3) is 0 Å². The molecule has 0 unspecified atom stereocenters. The SMILES string of the molecule is CC(C)CN(C(N)=NC1CCCCC1)C1CCCC1. The number of aliphatic imine (C=N–C) groups is 1. The van der Waals surface area contributed by atoms with Gasteiger partial charge in [0.25, 0.3) is 0 Å². The lowest BCUT2D eigenvalue weighted by molar-refractivity contribution is 0.277. The van der Waals surface area contributed by atoms with E-state index in [1.165, 1.54) is 57.8 Å². The molecule has 0 radical (unpaired) electrons. The minimum absolute atomic E-state index is 0.491. The van der Waals surface area contributed by atoms with Gasteiger partial charge in [0.15, 0.2) is 5.96 Å². The fourth-order valence-electron chi connectivity index (χ4n) is 3.51. The Morgan fingerprint density at radius 3 is 2.21 bits per heavy atom. The third-order valence-electron chi connectivity index (χ3n) is 4.51. The van der Waals surface area contributed by atoms with E-state index in [9.17, 15) is 0 Å². The lowest BCUT2D eigenvalue weighted by Gasteiger charge is -2.32. The Bertz CT molecular complexity index is 286. The van der Waals surface area contributed by atoms with E-state index in [0.29, 0.717) is 18.0 Å². The van der Waals surface area contributed by atoms with Crippen molar-refractivity contribution in [2.45, 2.75) is 83.7 Å². The van der Waals surface area contributed by atoms with Gasteiger partial charge < -0.3 is 10.6 Å². The molecular formula is C16H31N3. The maximum atomic E-state index is 6.35. The summed E-state index contributed by atoms with van der Waals surface area (Å²) in [7, 11) is 0. The number of nitrogens with two attached hydrogens (primary N) is 1. The maximum absolute atomic E-state index is 6.35. The van der Waals surface area contributed by atoms with Crippen LogP contribution in [0.1, 0.15) is 71.6 Å². The van der Waals surface area contributed by atoms with Crippen molar-refractivity contribution < 1.29 is 0 Å². The van der Waals surface area contributed by atoms with Crippen molar-refractivity contribution in [3.05, 3.63) is 0 Å². The van der Waals surface area contributed by atoms with Gasteiger partial charge in [-0.15, -0.1) is 0 Å². The van der Waals surface area contributed by atoms with Gasteiger partial charge >= 0.3 is 0 Å². The van der Waals surface area contributed by atoms with Crippen LogP contribution in [0.4, 0.5) is 0 Å². The van der Waals surface area contributed by atoms with Gasteiger partial charge in [-0.2, -0.15) is 0 Å². The Morgan fingerprint density at radius 2 is 1.63 bits per heavy atom. The molecule has 19 heavy (non-hydrogen) atoms. The van der Waals surface area contributed by atoms with Crippen molar-refractivity contribution in [2.24, 2.45) is 16.6 Å². The zero-order valence-electron chi connectivity index (χ0n) is 12.8. The third kappa shape index (κ3) is 4.39. The molecule has 2 saturated carbocycles. The summed E-state index contributed by atoms with van der Waals surface area (Å²) in [5.41, 5.74) is 6.35. The lowest BCUT2D eigenvalue weighted by Crippen LogP contribution is -2.46. The molecule has 0 spiro atoms. The van der Waals surface area contributed by atoms with Gasteiger partial charge in [0, 0.05) is 12.6 Å². The van der Waals surface area contributed by atoms with Gasteiger partial charge in [-0.25, -0.2) is 4.99 Å². The largest absolute Gasteiger partial charge is 0.370 e. The lowest BCUT2D eigenvalue weighted by atomic mass is 9.96. The van der Waals surface area contributed by atoms with Crippen molar-refractivity contribution in [3.63, 3.8) is 0 Å². The molecule has 0 bridgehead atoms. The Labute approximate surface area is 118 Å². The smallest absolute Gasteiger partial charge is 0.191 e. The molecule has 110 valence electrons. The fraction of sp³-hybridized carbons (Fsp3) is 0.938. The number of hydrogen-bond donors (Lipinski definition) is 1. The normalized spacial score (nSPS) is 23.2. The Kier molecular flexibility index (Phi) is 5.53. The van der Waals surface area contributed by atoms with E-state index in [1.807, 2.05) is 0 Å². The van der Waals surface area contributed by atoms with E-state index < -0.39 is 0 Å². The number of guanidine groups is 1. The van der Waals surface area contributed by atoms with Crippen molar-refractivity contribution in [3.8, 4) is 0 Å². The molecule has 2 aliphatic carbocycles. The molecule has 0 saturated heterocycles. The summed E-state index contributed by atoms with van der Waals surface area (Å²) in [4.78, 5) is 7.26. The van der Waals surface area contributed by atoms with E-state index in [-0.39, 0.29) is 0 Å². The highest BCUT2D eigenvalue weighted by Crippen LogP contribution is 2.25. The van der Waals surface area contributed by atoms with Crippen LogP contribution < -0.4 is 5.73 Å². The van der Waals surface area contributed by atoms with Crippen LogP contribution in [-0.2, 0) is 0 Å². The standard InChI is InChI=1S/C16H31N3/c1-13(2)12-19(15-10-6-7-11-15)16(17)18-14-8-4-3-5-9-14/h13-15H,3-12H2,1-2H3,(H2,17,18). The highest BCUT2D eigenvalue weighted by atomic mass is 15.3. The monoisotopic (exact) mass is 265 g/mol.